The number of aromatic nitrogens is 1. The normalized spacial score (nSPS) is 11.5. The number of anilines is 1. The van der Waals surface area contributed by atoms with E-state index in [9.17, 15) is 13.2 Å². The van der Waals surface area contributed by atoms with Crippen LogP contribution in [-0.4, -0.2) is 4.98 Å². The number of pyridine rings is 1. The lowest BCUT2D eigenvalue weighted by atomic mass is 9.99. The van der Waals surface area contributed by atoms with Crippen molar-refractivity contribution in [2.24, 2.45) is 0 Å². The first-order valence-electron chi connectivity index (χ1n) is 8.85. The third-order valence-electron chi connectivity index (χ3n) is 4.59. The number of benzene rings is 3. The Hall–Kier alpha value is -3.34. The summed E-state index contributed by atoms with van der Waals surface area (Å²) in [5.74, 6) is 0. The molecular formula is C23H17F3N2. The fraction of sp³-hybridized carbons (Fsp3) is 0.0870. The second-order valence-electron chi connectivity index (χ2n) is 6.48. The highest BCUT2D eigenvalue weighted by molar-refractivity contribution is 5.96. The van der Waals surface area contributed by atoms with Gasteiger partial charge in [0.25, 0.3) is 0 Å². The molecule has 0 saturated heterocycles. The summed E-state index contributed by atoms with van der Waals surface area (Å²) in [4.78, 5) is 4.00. The van der Waals surface area contributed by atoms with E-state index in [1.54, 1.807) is 12.1 Å². The molecule has 0 spiro atoms. The maximum atomic E-state index is 13.3. The van der Waals surface area contributed by atoms with Gasteiger partial charge in [-0.15, -0.1) is 0 Å². The van der Waals surface area contributed by atoms with Crippen LogP contribution >= 0.6 is 0 Å². The number of alkyl halides is 3. The maximum absolute atomic E-state index is 13.3. The average molecular weight is 378 g/mol. The van der Waals surface area contributed by atoms with Crippen molar-refractivity contribution in [2.75, 3.05) is 5.32 Å². The molecule has 1 aromatic heterocycles. The Balaban J connectivity index is 1.71. The van der Waals surface area contributed by atoms with Gasteiger partial charge in [-0.05, 0) is 41.0 Å². The zero-order valence-electron chi connectivity index (χ0n) is 14.9. The molecule has 140 valence electrons. The van der Waals surface area contributed by atoms with Crippen LogP contribution in [-0.2, 0) is 12.7 Å². The molecule has 0 aliphatic rings. The molecule has 3 aromatic carbocycles. The van der Waals surface area contributed by atoms with Gasteiger partial charge in [-0.1, -0.05) is 54.6 Å². The quantitative estimate of drug-likeness (QED) is 0.436. The predicted octanol–water partition coefficient (Wildman–Crippen LogP) is 6.53. The molecule has 0 fully saturated rings. The molecule has 5 heteroatoms. The predicted molar refractivity (Wildman–Crippen MR) is 106 cm³/mol. The molecule has 0 bridgehead atoms. The van der Waals surface area contributed by atoms with Crippen LogP contribution in [0.25, 0.3) is 22.0 Å². The fourth-order valence-corrected chi connectivity index (χ4v) is 3.25. The number of hydrogen-bond acceptors (Lipinski definition) is 2. The lowest BCUT2D eigenvalue weighted by Crippen LogP contribution is -2.06. The molecule has 0 unspecified atom stereocenters. The smallest absolute Gasteiger partial charge is 0.381 e. The van der Waals surface area contributed by atoms with Crippen LogP contribution in [0.5, 0.6) is 0 Å². The van der Waals surface area contributed by atoms with Gasteiger partial charge in [0.2, 0.25) is 0 Å². The zero-order chi connectivity index (χ0) is 19.6. The van der Waals surface area contributed by atoms with Gasteiger partial charge in [-0.3, -0.25) is 4.98 Å². The molecule has 4 aromatic rings. The van der Waals surface area contributed by atoms with Crippen LogP contribution in [0.3, 0.4) is 0 Å². The number of fused-ring (bicyclic) bond motifs is 1. The summed E-state index contributed by atoms with van der Waals surface area (Å²) >= 11 is 0. The van der Waals surface area contributed by atoms with Crippen molar-refractivity contribution in [3.63, 3.8) is 0 Å². The third kappa shape index (κ3) is 3.69. The Kier molecular flexibility index (Phi) is 4.74. The van der Waals surface area contributed by atoms with Gasteiger partial charge in [-0.2, -0.15) is 13.2 Å². The highest BCUT2D eigenvalue weighted by Crippen LogP contribution is 2.37. The van der Waals surface area contributed by atoms with Crippen LogP contribution < -0.4 is 5.32 Å². The Bertz CT molecular complexity index is 1110. The number of rotatable bonds is 4. The first-order valence-corrected chi connectivity index (χ1v) is 8.85. The van der Waals surface area contributed by atoms with E-state index in [4.69, 9.17) is 0 Å². The molecule has 0 aliphatic carbocycles. The van der Waals surface area contributed by atoms with E-state index < -0.39 is 11.7 Å². The summed E-state index contributed by atoms with van der Waals surface area (Å²) in [6.07, 6.45) is -3.01. The van der Waals surface area contributed by atoms with E-state index in [-0.39, 0.29) is 5.52 Å². The highest BCUT2D eigenvalue weighted by atomic mass is 19.4. The molecule has 0 atom stereocenters. The molecule has 2 nitrogen and oxygen atoms in total. The van der Waals surface area contributed by atoms with Crippen molar-refractivity contribution in [1.82, 2.24) is 4.98 Å². The lowest BCUT2D eigenvalue weighted by Gasteiger charge is -2.13. The Morgan fingerprint density at radius 2 is 1.61 bits per heavy atom. The van der Waals surface area contributed by atoms with Gasteiger partial charge in [0.1, 0.15) is 0 Å². The minimum atomic E-state index is -4.44. The number of nitrogens with zero attached hydrogens (tertiary/aromatic N) is 1. The summed E-state index contributed by atoms with van der Waals surface area (Å²) in [7, 11) is 0. The Morgan fingerprint density at radius 3 is 2.39 bits per heavy atom. The summed E-state index contributed by atoms with van der Waals surface area (Å²) in [6, 6.07) is 23.6. The molecule has 0 amide bonds. The summed E-state index contributed by atoms with van der Waals surface area (Å²) in [5, 5.41) is 3.84. The van der Waals surface area contributed by atoms with Crippen LogP contribution in [0, 0.1) is 0 Å². The van der Waals surface area contributed by atoms with E-state index >= 15 is 0 Å². The van der Waals surface area contributed by atoms with Crippen molar-refractivity contribution >= 4 is 16.6 Å². The van der Waals surface area contributed by atoms with Gasteiger partial charge in [0.05, 0.1) is 11.1 Å². The molecule has 0 saturated carbocycles. The van der Waals surface area contributed by atoms with Gasteiger partial charge >= 0.3 is 6.18 Å². The fourth-order valence-electron chi connectivity index (χ4n) is 3.25. The largest absolute Gasteiger partial charge is 0.418 e. The molecule has 1 heterocycles. The van der Waals surface area contributed by atoms with Crippen molar-refractivity contribution in [3.05, 3.63) is 96.2 Å². The van der Waals surface area contributed by atoms with Gasteiger partial charge in [0.15, 0.2) is 0 Å². The van der Waals surface area contributed by atoms with Gasteiger partial charge in [-0.25, -0.2) is 0 Å². The van der Waals surface area contributed by atoms with E-state index in [0.717, 1.165) is 28.4 Å². The molecule has 0 aliphatic heterocycles. The molecular weight excluding hydrogens is 361 g/mol. The zero-order valence-corrected chi connectivity index (χ0v) is 14.9. The summed E-state index contributed by atoms with van der Waals surface area (Å²) in [5.41, 5.74) is 2.86. The van der Waals surface area contributed by atoms with Crippen LogP contribution in [0.15, 0.2) is 85.1 Å². The minimum Gasteiger partial charge on any atom is -0.381 e. The summed E-state index contributed by atoms with van der Waals surface area (Å²) < 4.78 is 40.0. The van der Waals surface area contributed by atoms with E-state index in [1.807, 2.05) is 54.6 Å². The van der Waals surface area contributed by atoms with E-state index in [1.165, 1.54) is 12.3 Å². The van der Waals surface area contributed by atoms with Crippen LogP contribution in [0.1, 0.15) is 11.1 Å². The number of nitrogens with one attached hydrogen (secondary N) is 1. The second-order valence-corrected chi connectivity index (χ2v) is 6.48. The molecule has 1 N–H and O–H groups in total. The van der Waals surface area contributed by atoms with Gasteiger partial charge < -0.3 is 5.32 Å². The first kappa shape index (κ1) is 18.0. The van der Waals surface area contributed by atoms with Gasteiger partial charge in [0, 0.05) is 23.8 Å². The molecule has 0 radical (unpaired) electrons. The molecule has 28 heavy (non-hydrogen) atoms. The number of hydrogen-bond donors (Lipinski definition) is 1. The Labute approximate surface area is 160 Å². The van der Waals surface area contributed by atoms with E-state index in [2.05, 4.69) is 10.3 Å². The lowest BCUT2D eigenvalue weighted by molar-refractivity contribution is -0.136. The topological polar surface area (TPSA) is 24.9 Å². The number of halogens is 3. The second kappa shape index (κ2) is 7.35. The van der Waals surface area contributed by atoms with Crippen molar-refractivity contribution in [1.29, 1.82) is 0 Å². The average Bonchev–Trinajstić information content (AvgIpc) is 2.71. The monoisotopic (exact) mass is 378 g/mol. The standard InChI is InChI=1S/C23H17F3N2/c24-23(25,26)21-11-5-10-20-19(12-13-27-22(20)21)17-8-4-9-18(14-17)28-15-16-6-2-1-3-7-16/h1-14,28H,15H2. The van der Waals surface area contributed by atoms with Crippen LogP contribution in [0.2, 0.25) is 0 Å². The number of para-hydroxylation sites is 1. The van der Waals surface area contributed by atoms with Crippen LogP contribution in [0.4, 0.5) is 18.9 Å². The first-order chi connectivity index (χ1) is 13.5. The SMILES string of the molecule is FC(F)(F)c1cccc2c(-c3cccc(NCc4ccccc4)c3)ccnc12. The minimum absolute atomic E-state index is 0.0323. The van der Waals surface area contributed by atoms with E-state index in [0.29, 0.717) is 11.9 Å². The van der Waals surface area contributed by atoms with Crippen molar-refractivity contribution < 1.29 is 13.2 Å². The highest BCUT2D eigenvalue weighted by Gasteiger charge is 2.33. The maximum Gasteiger partial charge on any atom is 0.418 e. The summed E-state index contributed by atoms with van der Waals surface area (Å²) in [6.45, 7) is 0.666. The Morgan fingerprint density at radius 1 is 0.821 bits per heavy atom. The van der Waals surface area contributed by atoms with Crippen molar-refractivity contribution in [3.8, 4) is 11.1 Å². The molecule has 4 rings (SSSR count). The van der Waals surface area contributed by atoms with Crippen molar-refractivity contribution in [2.45, 2.75) is 12.7 Å². The third-order valence-corrected chi connectivity index (χ3v) is 4.59.